The summed E-state index contributed by atoms with van der Waals surface area (Å²) in [6.45, 7) is 2.27. The van der Waals surface area contributed by atoms with Gasteiger partial charge in [0.25, 0.3) is 0 Å². The fourth-order valence-corrected chi connectivity index (χ4v) is 9.68. The fraction of sp³-hybridized carbons (Fsp3) is 0.603. The summed E-state index contributed by atoms with van der Waals surface area (Å²) in [4.78, 5) is 58.3. The van der Waals surface area contributed by atoms with E-state index in [0.29, 0.717) is 19.3 Å². The van der Waals surface area contributed by atoms with Crippen molar-refractivity contribution in [2.24, 2.45) is 0 Å². The number of carbonyl (C=O) groups excluding carboxylic acids is 3. The number of allylic oxidation sites excluding steroid dienone is 26. The average molecular weight is 1310 g/mol. The minimum absolute atomic E-state index is 0.0777. The van der Waals surface area contributed by atoms with E-state index in [1.54, 1.807) is 0 Å². The molecule has 0 aliphatic heterocycles. The summed E-state index contributed by atoms with van der Waals surface area (Å²) in [6.07, 6.45) is 78.8. The number of phosphoric acid groups is 2. The Hall–Kier alpha value is -4.83. The van der Waals surface area contributed by atoms with E-state index >= 15 is 0 Å². The predicted molar refractivity (Wildman–Crippen MR) is 371 cm³/mol. The summed E-state index contributed by atoms with van der Waals surface area (Å²) >= 11 is 0. The van der Waals surface area contributed by atoms with Crippen LogP contribution in [-0.2, 0) is 55.8 Å². The second kappa shape index (κ2) is 65.2. The largest absolute Gasteiger partial charge is 0.472 e. The molecule has 0 heterocycles. The van der Waals surface area contributed by atoms with Gasteiger partial charge in [-0.2, -0.15) is 0 Å². The molecule has 0 amide bonds. The summed E-state index contributed by atoms with van der Waals surface area (Å²) in [5.74, 6) is -1.69. The van der Waals surface area contributed by atoms with Crippen LogP contribution in [0, 0.1) is 0 Å². The van der Waals surface area contributed by atoms with Gasteiger partial charge in [0.15, 0.2) is 6.10 Å². The third kappa shape index (κ3) is 66.4. The number of rotatable bonds is 62. The first-order valence-electron chi connectivity index (χ1n) is 33.8. The average Bonchev–Trinajstić information content (AvgIpc) is 3.75. The second-order valence-corrected chi connectivity index (χ2v) is 24.8. The Morgan fingerprint density at radius 2 is 0.582 bits per heavy atom. The van der Waals surface area contributed by atoms with Gasteiger partial charge in [-0.15, -0.1) is 0 Å². The van der Waals surface area contributed by atoms with E-state index in [4.69, 9.17) is 32.3 Å². The van der Waals surface area contributed by atoms with Crippen LogP contribution >= 0.6 is 15.6 Å². The maximum Gasteiger partial charge on any atom is 0.472 e. The molecule has 0 radical (unpaired) electrons. The molecule has 0 aromatic carbocycles. The summed E-state index contributed by atoms with van der Waals surface area (Å²) < 4.78 is 60.7. The predicted octanol–water partition coefficient (Wildman–Crippen LogP) is 18.7. The first-order valence-corrected chi connectivity index (χ1v) is 36.8. The van der Waals surface area contributed by atoms with Crippen LogP contribution in [0.4, 0.5) is 0 Å². The lowest BCUT2D eigenvalue weighted by Crippen LogP contribution is -2.30. The van der Waals surface area contributed by atoms with E-state index in [1.807, 2.05) is 0 Å². The smallest absolute Gasteiger partial charge is 0.463 e. The Kier molecular flexibility index (Phi) is 61.8. The molecule has 0 fully saturated rings. The van der Waals surface area contributed by atoms with Gasteiger partial charge in [0, 0.05) is 19.3 Å². The number of hydrogen-bond donors (Lipinski definition) is 4. The third-order valence-corrected chi connectivity index (χ3v) is 15.1. The van der Waals surface area contributed by atoms with Gasteiger partial charge in [-0.3, -0.25) is 32.5 Å². The summed E-state index contributed by atoms with van der Waals surface area (Å²) in [5, 5.41) is 20.5. The van der Waals surface area contributed by atoms with E-state index in [-0.39, 0.29) is 19.3 Å². The van der Waals surface area contributed by atoms with Crippen LogP contribution in [0.25, 0.3) is 0 Å². The highest BCUT2D eigenvalue weighted by Crippen LogP contribution is 2.45. The minimum atomic E-state index is -4.94. The molecular formula is C73H118O16P2. The molecule has 91 heavy (non-hydrogen) atoms. The van der Waals surface area contributed by atoms with Gasteiger partial charge < -0.3 is 34.2 Å². The molecule has 0 rings (SSSR count). The molecule has 4 N–H and O–H groups in total. The van der Waals surface area contributed by atoms with Crippen LogP contribution in [0.5, 0.6) is 0 Å². The zero-order chi connectivity index (χ0) is 66.7. The highest BCUT2D eigenvalue weighted by atomic mass is 31.2. The van der Waals surface area contributed by atoms with Gasteiger partial charge in [-0.05, 0) is 148 Å². The monoisotopic (exact) mass is 1310 g/mol. The van der Waals surface area contributed by atoms with Gasteiger partial charge in [0.05, 0.1) is 26.4 Å². The van der Waals surface area contributed by atoms with E-state index < -0.39 is 91.5 Å². The number of hydrogen-bond acceptors (Lipinski definition) is 14. The molecule has 5 atom stereocenters. The maximum absolute atomic E-state index is 12.9. The SMILES string of the molecule is CC/C=C\C/C=C\C/C=C\C/C=C\C/C=C\C/C=C\CCCCC(=O)OCC(O)COP(=O)(O)OCC(O)COP(=O)(O)OCC(COC(=O)CCCC/C=C\C/C=C\C/C=C\C/C=C\C/C=C\C/C=C\CC)OC(=O)CCCCCCC/C=C\CCCCCC. The van der Waals surface area contributed by atoms with Crippen LogP contribution < -0.4 is 0 Å². The van der Waals surface area contributed by atoms with E-state index in [1.165, 1.54) is 25.7 Å². The lowest BCUT2D eigenvalue weighted by Gasteiger charge is -2.21. The van der Waals surface area contributed by atoms with E-state index in [0.717, 1.165) is 141 Å². The molecule has 18 heteroatoms. The molecular weight excluding hydrogens is 1190 g/mol. The number of aliphatic hydroxyl groups excluding tert-OH is 2. The molecule has 516 valence electrons. The van der Waals surface area contributed by atoms with Crippen molar-refractivity contribution < 1.29 is 75.8 Å². The van der Waals surface area contributed by atoms with Crippen molar-refractivity contribution in [2.75, 3.05) is 39.6 Å². The minimum Gasteiger partial charge on any atom is -0.463 e. The molecule has 0 spiro atoms. The molecule has 0 aliphatic carbocycles. The lowest BCUT2D eigenvalue weighted by atomic mass is 10.1. The van der Waals surface area contributed by atoms with Crippen molar-refractivity contribution in [3.63, 3.8) is 0 Å². The van der Waals surface area contributed by atoms with Crippen LogP contribution in [0.1, 0.15) is 226 Å². The number of carbonyl (C=O) groups is 3. The molecule has 5 unspecified atom stereocenters. The van der Waals surface area contributed by atoms with Crippen molar-refractivity contribution in [1.82, 2.24) is 0 Å². The van der Waals surface area contributed by atoms with Crippen molar-refractivity contribution in [1.29, 1.82) is 0 Å². The highest BCUT2D eigenvalue weighted by molar-refractivity contribution is 7.47. The Morgan fingerprint density at radius 3 is 0.956 bits per heavy atom. The van der Waals surface area contributed by atoms with Gasteiger partial charge in [0.1, 0.15) is 25.4 Å². The van der Waals surface area contributed by atoms with Gasteiger partial charge in [0.2, 0.25) is 0 Å². The van der Waals surface area contributed by atoms with Gasteiger partial charge >= 0.3 is 33.6 Å². The first-order chi connectivity index (χ1) is 44.2. The number of aliphatic hydroxyl groups is 2. The Balaban J connectivity index is 4.76. The first kappa shape index (κ1) is 86.2. The molecule has 0 bridgehead atoms. The number of ether oxygens (including phenoxy) is 3. The number of esters is 3. The number of unbranched alkanes of at least 4 members (excludes halogenated alkanes) is 13. The second-order valence-electron chi connectivity index (χ2n) is 21.9. The van der Waals surface area contributed by atoms with Crippen LogP contribution in [0.3, 0.4) is 0 Å². The normalized spacial score (nSPS) is 15.2. The Morgan fingerprint density at radius 1 is 0.319 bits per heavy atom. The van der Waals surface area contributed by atoms with Crippen molar-refractivity contribution in [3.05, 3.63) is 158 Å². The van der Waals surface area contributed by atoms with Gasteiger partial charge in [-0.1, -0.05) is 217 Å². The van der Waals surface area contributed by atoms with Crippen LogP contribution in [-0.4, -0.2) is 95.9 Å². The Bertz CT molecular complexity index is 2290. The molecule has 0 aromatic rings. The van der Waals surface area contributed by atoms with Crippen molar-refractivity contribution in [3.8, 4) is 0 Å². The zero-order valence-corrected chi connectivity index (χ0v) is 57.5. The summed E-state index contributed by atoms with van der Waals surface area (Å²) in [7, 11) is -9.81. The highest BCUT2D eigenvalue weighted by Gasteiger charge is 2.29. The summed E-state index contributed by atoms with van der Waals surface area (Å²) in [5.41, 5.74) is 0. The van der Waals surface area contributed by atoms with Crippen LogP contribution in [0.2, 0.25) is 0 Å². The van der Waals surface area contributed by atoms with Crippen molar-refractivity contribution >= 4 is 33.6 Å². The van der Waals surface area contributed by atoms with E-state index in [2.05, 4.69) is 179 Å². The lowest BCUT2D eigenvalue weighted by molar-refractivity contribution is -0.161. The Labute approximate surface area is 549 Å². The summed E-state index contributed by atoms with van der Waals surface area (Å²) in [6, 6.07) is 0. The topological polar surface area (TPSA) is 231 Å². The van der Waals surface area contributed by atoms with E-state index in [9.17, 15) is 43.5 Å². The molecule has 0 aromatic heterocycles. The van der Waals surface area contributed by atoms with Gasteiger partial charge in [-0.25, -0.2) is 9.13 Å². The number of phosphoric ester groups is 2. The standard InChI is InChI=1S/C73H118O16P2/c1-4-7-10-13-16-19-22-25-27-29-31-33-35-37-39-42-44-47-50-53-56-59-71(76)83-62-68(74)63-85-90(79,80)86-64-69(75)65-87-91(81,82)88-67-70(89-73(78)61-58-55-52-49-46-41-24-21-18-15-12-9-6-3)66-84-72(77)60-57-54-51-48-45-43-40-38-36-34-32-30-28-26-23-20-17-14-11-8-5-2/h7-8,10-11,16-17,19-21,24-28,31-34,37-40,44-45,47-48,68-70,74-75H,4-6,9,12-15,18,22-23,29-30,35-36,41-43,46,49-67H2,1-3H3,(H,79,80)(H,81,82)/b10-7-,11-8-,19-16-,20-17-,24-21-,27-25-,28-26-,33-31-,34-32-,39-37-,40-38-,47-44-,48-45-. The zero-order valence-electron chi connectivity index (χ0n) is 55.7. The van der Waals surface area contributed by atoms with Crippen molar-refractivity contribution in [2.45, 2.75) is 245 Å². The molecule has 0 saturated carbocycles. The third-order valence-electron chi connectivity index (χ3n) is 13.2. The molecule has 0 aliphatic rings. The van der Waals surface area contributed by atoms with Crippen LogP contribution in [0.15, 0.2) is 158 Å². The molecule has 16 nitrogen and oxygen atoms in total. The quantitative estimate of drug-likeness (QED) is 0.0146. The maximum atomic E-state index is 12.9. The molecule has 0 saturated heterocycles. The fourth-order valence-electron chi connectivity index (χ4n) is 8.10.